The molecule has 0 radical (unpaired) electrons. The van der Waals surface area contributed by atoms with E-state index in [1.165, 1.54) is 11.3 Å². The lowest BCUT2D eigenvalue weighted by molar-refractivity contribution is 0.101. The molecule has 0 atom stereocenters. The maximum Gasteiger partial charge on any atom is 0.274 e. The summed E-state index contributed by atoms with van der Waals surface area (Å²) in [4.78, 5) is 18.0. The van der Waals surface area contributed by atoms with E-state index in [-0.39, 0.29) is 5.91 Å². The van der Waals surface area contributed by atoms with Crippen molar-refractivity contribution in [3.05, 3.63) is 71.5 Å². The first kappa shape index (κ1) is 19.8. The number of hydrogen-bond acceptors (Lipinski definition) is 4. The largest absolute Gasteiger partial charge is 0.369 e. The zero-order valence-corrected chi connectivity index (χ0v) is 18.2. The summed E-state index contributed by atoms with van der Waals surface area (Å²) in [5.41, 5.74) is 5.73. The van der Waals surface area contributed by atoms with Crippen molar-refractivity contribution in [2.75, 3.05) is 43.4 Å². The van der Waals surface area contributed by atoms with Crippen LogP contribution in [0.25, 0.3) is 5.69 Å². The Bertz CT molecular complexity index is 1080. The Balaban J connectivity index is 1.37. The Morgan fingerprint density at radius 2 is 1.74 bits per heavy atom. The highest BCUT2D eigenvalue weighted by Crippen LogP contribution is 2.39. The molecule has 1 amide bonds. The Morgan fingerprint density at radius 1 is 1.00 bits per heavy atom. The van der Waals surface area contributed by atoms with Gasteiger partial charge in [-0.2, -0.15) is 5.10 Å². The summed E-state index contributed by atoms with van der Waals surface area (Å²) in [5, 5.41) is 7.84. The highest BCUT2D eigenvalue weighted by atomic mass is 16.2. The number of carbonyl (C=O) groups is 1. The third-order valence-corrected chi connectivity index (χ3v) is 6.26. The van der Waals surface area contributed by atoms with E-state index in [1.54, 1.807) is 4.68 Å². The lowest BCUT2D eigenvalue weighted by atomic mass is 10.1. The van der Waals surface area contributed by atoms with E-state index in [0.29, 0.717) is 11.6 Å². The molecule has 2 aromatic carbocycles. The number of rotatable bonds is 5. The molecule has 6 heteroatoms. The number of likely N-dealkylation sites (N-methyl/N-ethyl adjacent to an activating group) is 1. The first-order chi connectivity index (χ1) is 15.1. The molecule has 0 unspecified atom stereocenters. The third kappa shape index (κ3) is 4.21. The van der Waals surface area contributed by atoms with Gasteiger partial charge in [0.25, 0.3) is 5.91 Å². The Morgan fingerprint density at radius 3 is 2.42 bits per heavy atom. The van der Waals surface area contributed by atoms with Crippen LogP contribution in [0.1, 0.15) is 40.5 Å². The quantitative estimate of drug-likeness (QED) is 0.683. The molecule has 31 heavy (non-hydrogen) atoms. The van der Waals surface area contributed by atoms with E-state index in [2.05, 4.69) is 41.2 Å². The van der Waals surface area contributed by atoms with Crippen molar-refractivity contribution in [3.8, 4) is 5.69 Å². The maximum absolute atomic E-state index is 13.2. The highest BCUT2D eigenvalue weighted by molar-refractivity contribution is 6.03. The van der Waals surface area contributed by atoms with Gasteiger partial charge in [-0.05, 0) is 68.8 Å². The number of hydrogen-bond donors (Lipinski definition) is 1. The van der Waals surface area contributed by atoms with Gasteiger partial charge in [-0.3, -0.25) is 4.79 Å². The first-order valence-electron chi connectivity index (χ1n) is 11.1. The van der Waals surface area contributed by atoms with Gasteiger partial charge in [-0.25, -0.2) is 4.68 Å². The molecule has 6 nitrogen and oxygen atoms in total. The predicted octanol–water partition coefficient (Wildman–Crippen LogP) is 4.06. The number of nitrogens with zero attached hydrogens (tertiary/aromatic N) is 4. The zero-order chi connectivity index (χ0) is 21.4. The van der Waals surface area contributed by atoms with Crippen LogP contribution in [0.4, 0.5) is 11.4 Å². The van der Waals surface area contributed by atoms with Crippen LogP contribution in [-0.2, 0) is 0 Å². The average Bonchev–Trinajstić information content (AvgIpc) is 3.53. The second kappa shape index (κ2) is 8.19. The smallest absolute Gasteiger partial charge is 0.274 e. The van der Waals surface area contributed by atoms with Gasteiger partial charge in [0.05, 0.1) is 11.4 Å². The van der Waals surface area contributed by atoms with Gasteiger partial charge in [-0.15, -0.1) is 0 Å². The summed E-state index contributed by atoms with van der Waals surface area (Å²) in [6.45, 7) is 6.32. The molecule has 1 N–H and O–H groups in total. The van der Waals surface area contributed by atoms with Crippen LogP contribution < -0.4 is 10.2 Å². The summed E-state index contributed by atoms with van der Waals surface area (Å²) in [7, 11) is 2.16. The van der Waals surface area contributed by atoms with E-state index >= 15 is 0 Å². The van der Waals surface area contributed by atoms with Crippen LogP contribution in [0.2, 0.25) is 0 Å². The van der Waals surface area contributed by atoms with Crippen molar-refractivity contribution in [3.63, 3.8) is 0 Å². The molecule has 0 bridgehead atoms. The van der Waals surface area contributed by atoms with Crippen molar-refractivity contribution in [1.82, 2.24) is 14.7 Å². The Kier molecular flexibility index (Phi) is 5.24. The number of nitrogens with one attached hydrogen (secondary N) is 1. The van der Waals surface area contributed by atoms with Gasteiger partial charge in [0.2, 0.25) is 0 Å². The lowest BCUT2D eigenvalue weighted by Crippen LogP contribution is -2.44. The Hall–Kier alpha value is -3.12. The number of anilines is 2. The fourth-order valence-electron chi connectivity index (χ4n) is 4.24. The van der Waals surface area contributed by atoms with Crippen LogP contribution in [-0.4, -0.2) is 53.8 Å². The number of aryl methyl sites for hydroxylation is 1. The van der Waals surface area contributed by atoms with Gasteiger partial charge in [0.1, 0.15) is 5.69 Å². The molecule has 0 spiro atoms. The maximum atomic E-state index is 13.2. The monoisotopic (exact) mass is 415 g/mol. The van der Waals surface area contributed by atoms with Crippen LogP contribution in [0, 0.1) is 6.92 Å². The Labute approximate surface area is 183 Å². The molecule has 160 valence electrons. The van der Waals surface area contributed by atoms with Crippen molar-refractivity contribution >= 4 is 17.3 Å². The van der Waals surface area contributed by atoms with Crippen LogP contribution in [0.5, 0.6) is 0 Å². The number of aromatic nitrogens is 2. The van der Waals surface area contributed by atoms with Crippen molar-refractivity contribution in [1.29, 1.82) is 0 Å². The van der Waals surface area contributed by atoms with Gasteiger partial charge < -0.3 is 15.1 Å². The average molecular weight is 416 g/mol. The van der Waals surface area contributed by atoms with E-state index in [1.807, 2.05) is 42.5 Å². The molecule has 1 saturated heterocycles. The van der Waals surface area contributed by atoms with E-state index < -0.39 is 0 Å². The molecule has 2 aliphatic rings. The molecule has 5 rings (SSSR count). The van der Waals surface area contributed by atoms with Gasteiger partial charge >= 0.3 is 0 Å². The third-order valence-electron chi connectivity index (χ3n) is 6.26. The van der Waals surface area contributed by atoms with Gasteiger partial charge in [0.15, 0.2) is 0 Å². The zero-order valence-electron chi connectivity index (χ0n) is 18.2. The second-order valence-electron chi connectivity index (χ2n) is 8.72. The molecule has 1 aliphatic carbocycles. The molecular formula is C25H29N5O. The van der Waals surface area contributed by atoms with Crippen LogP contribution >= 0.6 is 0 Å². The molecule has 1 aromatic heterocycles. The number of amides is 1. The summed E-state index contributed by atoms with van der Waals surface area (Å²) in [6.07, 6.45) is 2.31. The molecule has 1 aliphatic heterocycles. The van der Waals surface area contributed by atoms with E-state index in [4.69, 9.17) is 5.10 Å². The standard InChI is InChI=1S/C25H29N5O/c1-18-16-20(10-11-23(18)29-14-12-28(2)13-15-29)26-25(31)24-17-22(19-8-9-19)27-30(24)21-6-4-3-5-7-21/h3-7,10-11,16-17,19H,8-9,12-15H2,1-2H3,(H,26,31). The minimum atomic E-state index is -0.130. The van der Waals surface area contributed by atoms with Crippen molar-refractivity contribution in [2.45, 2.75) is 25.7 Å². The number of para-hydroxylation sites is 1. The molecule has 1 saturated carbocycles. The number of piperazine rings is 1. The fraction of sp³-hybridized carbons (Fsp3) is 0.360. The van der Waals surface area contributed by atoms with Crippen molar-refractivity contribution < 1.29 is 4.79 Å². The SMILES string of the molecule is Cc1cc(NC(=O)c2cc(C3CC3)nn2-c2ccccc2)ccc1N1CCN(C)CC1. The minimum absolute atomic E-state index is 0.130. The summed E-state index contributed by atoms with van der Waals surface area (Å²) in [6, 6.07) is 18.0. The van der Waals surface area contributed by atoms with Crippen LogP contribution in [0.15, 0.2) is 54.6 Å². The minimum Gasteiger partial charge on any atom is -0.369 e. The van der Waals surface area contributed by atoms with Gasteiger partial charge in [0, 0.05) is 43.5 Å². The topological polar surface area (TPSA) is 53.4 Å². The molecule has 3 aromatic rings. The molecule has 2 heterocycles. The second-order valence-corrected chi connectivity index (χ2v) is 8.72. The first-order valence-corrected chi connectivity index (χ1v) is 11.1. The summed E-state index contributed by atoms with van der Waals surface area (Å²) >= 11 is 0. The van der Waals surface area contributed by atoms with Crippen molar-refractivity contribution in [2.24, 2.45) is 0 Å². The van der Waals surface area contributed by atoms with Crippen LogP contribution in [0.3, 0.4) is 0 Å². The lowest BCUT2D eigenvalue weighted by Gasteiger charge is -2.35. The molecule has 2 fully saturated rings. The van der Waals surface area contributed by atoms with E-state index in [0.717, 1.165) is 56.1 Å². The number of carbonyl (C=O) groups excluding carboxylic acids is 1. The normalized spacial score (nSPS) is 17.0. The summed E-state index contributed by atoms with van der Waals surface area (Å²) in [5.74, 6) is 0.358. The molecular weight excluding hydrogens is 386 g/mol. The number of benzene rings is 2. The summed E-state index contributed by atoms with van der Waals surface area (Å²) < 4.78 is 1.77. The fourth-order valence-corrected chi connectivity index (χ4v) is 4.24. The highest BCUT2D eigenvalue weighted by Gasteiger charge is 2.29. The predicted molar refractivity (Wildman–Crippen MR) is 124 cm³/mol. The van der Waals surface area contributed by atoms with Gasteiger partial charge in [-0.1, -0.05) is 18.2 Å². The van der Waals surface area contributed by atoms with E-state index in [9.17, 15) is 4.79 Å².